The first kappa shape index (κ1) is 8.87. The third-order valence-corrected chi connectivity index (χ3v) is 1.99. The van der Waals surface area contributed by atoms with E-state index in [1.807, 2.05) is 0 Å². The lowest BCUT2D eigenvalue weighted by molar-refractivity contribution is 0.0432. The Balaban J connectivity index is 2.51. The van der Waals surface area contributed by atoms with Gasteiger partial charge in [-0.2, -0.15) is 0 Å². The molecule has 0 aliphatic carbocycles. The van der Waals surface area contributed by atoms with Crippen LogP contribution in [0.25, 0.3) is 0 Å². The highest BCUT2D eigenvalue weighted by Crippen LogP contribution is 2.30. The van der Waals surface area contributed by atoms with E-state index < -0.39 is 5.72 Å². The molecule has 4 nitrogen and oxygen atoms in total. The van der Waals surface area contributed by atoms with Crippen LogP contribution in [0.4, 0.5) is 0 Å². The number of hydrogen-bond acceptors (Lipinski definition) is 3. The second kappa shape index (κ2) is 2.64. The van der Waals surface area contributed by atoms with Crippen LogP contribution in [0.5, 0.6) is 11.5 Å². The standard InChI is InChI=1S/C10H11NO3/c1-10(2)11-9(13)7-4-3-6(12)5-8(7)14-10/h3-5,12H,1-2H3,(H,11,13). The summed E-state index contributed by atoms with van der Waals surface area (Å²) in [7, 11) is 0. The van der Waals surface area contributed by atoms with Crippen LogP contribution in [-0.4, -0.2) is 16.7 Å². The van der Waals surface area contributed by atoms with E-state index in [-0.39, 0.29) is 11.7 Å². The van der Waals surface area contributed by atoms with E-state index in [9.17, 15) is 9.90 Å². The molecule has 0 bridgehead atoms. The highest BCUT2D eigenvalue weighted by atomic mass is 16.5. The zero-order valence-electron chi connectivity index (χ0n) is 8.00. The average molecular weight is 193 g/mol. The SMILES string of the molecule is CC1(C)NC(=O)c2ccc(O)cc2O1. The lowest BCUT2D eigenvalue weighted by atomic mass is 10.1. The molecule has 1 aromatic carbocycles. The fourth-order valence-corrected chi connectivity index (χ4v) is 1.42. The molecule has 0 spiro atoms. The number of phenols is 1. The monoisotopic (exact) mass is 193 g/mol. The molecule has 2 rings (SSSR count). The minimum Gasteiger partial charge on any atom is -0.508 e. The molecule has 0 saturated heterocycles. The first-order chi connectivity index (χ1) is 6.48. The maximum Gasteiger partial charge on any atom is 0.258 e. The molecule has 0 saturated carbocycles. The first-order valence-corrected chi connectivity index (χ1v) is 4.32. The summed E-state index contributed by atoms with van der Waals surface area (Å²) < 4.78 is 5.48. The lowest BCUT2D eigenvalue weighted by Gasteiger charge is -2.32. The molecule has 0 unspecified atom stereocenters. The number of carbonyl (C=O) groups excluding carboxylic acids is 1. The van der Waals surface area contributed by atoms with E-state index in [2.05, 4.69) is 5.32 Å². The Morgan fingerprint density at radius 3 is 2.86 bits per heavy atom. The molecule has 1 heterocycles. The van der Waals surface area contributed by atoms with Crippen LogP contribution in [0.1, 0.15) is 24.2 Å². The van der Waals surface area contributed by atoms with Crippen LogP contribution in [0.2, 0.25) is 0 Å². The van der Waals surface area contributed by atoms with Gasteiger partial charge in [0.1, 0.15) is 11.5 Å². The molecule has 4 heteroatoms. The molecule has 2 N–H and O–H groups in total. The summed E-state index contributed by atoms with van der Waals surface area (Å²) in [6.07, 6.45) is 0. The van der Waals surface area contributed by atoms with Gasteiger partial charge < -0.3 is 15.2 Å². The van der Waals surface area contributed by atoms with Crippen molar-refractivity contribution >= 4 is 5.91 Å². The van der Waals surface area contributed by atoms with E-state index >= 15 is 0 Å². The summed E-state index contributed by atoms with van der Waals surface area (Å²) in [4.78, 5) is 11.5. The number of carbonyl (C=O) groups is 1. The third-order valence-electron chi connectivity index (χ3n) is 1.99. The van der Waals surface area contributed by atoms with Gasteiger partial charge in [0.25, 0.3) is 5.91 Å². The molecule has 14 heavy (non-hydrogen) atoms. The zero-order valence-corrected chi connectivity index (χ0v) is 8.00. The topological polar surface area (TPSA) is 58.6 Å². The number of ether oxygens (including phenoxy) is 1. The molecule has 0 atom stereocenters. The molecule has 0 aromatic heterocycles. The van der Waals surface area contributed by atoms with Gasteiger partial charge >= 0.3 is 0 Å². The molecular formula is C10H11NO3. The van der Waals surface area contributed by atoms with Crippen LogP contribution in [0.3, 0.4) is 0 Å². The second-order valence-corrected chi connectivity index (χ2v) is 3.75. The Morgan fingerprint density at radius 2 is 2.14 bits per heavy atom. The minimum absolute atomic E-state index is 0.0919. The number of hydrogen-bond donors (Lipinski definition) is 2. The summed E-state index contributed by atoms with van der Waals surface area (Å²) in [5, 5.41) is 11.9. The number of rotatable bonds is 0. The van der Waals surface area contributed by atoms with E-state index in [0.717, 1.165) is 0 Å². The van der Waals surface area contributed by atoms with Gasteiger partial charge in [-0.25, -0.2) is 0 Å². The van der Waals surface area contributed by atoms with Crippen LogP contribution < -0.4 is 10.1 Å². The van der Waals surface area contributed by atoms with E-state index in [1.165, 1.54) is 18.2 Å². The molecule has 0 fully saturated rings. The predicted octanol–water partition coefficient (Wildman–Crippen LogP) is 1.25. The lowest BCUT2D eigenvalue weighted by Crippen LogP contribution is -2.51. The van der Waals surface area contributed by atoms with Crippen molar-refractivity contribution in [2.75, 3.05) is 0 Å². The Morgan fingerprint density at radius 1 is 1.43 bits per heavy atom. The van der Waals surface area contributed by atoms with Gasteiger partial charge in [-0.1, -0.05) is 0 Å². The number of amides is 1. The Bertz CT molecular complexity index is 398. The molecule has 1 aromatic rings. The first-order valence-electron chi connectivity index (χ1n) is 4.32. The van der Waals surface area contributed by atoms with Crippen molar-refractivity contribution in [1.82, 2.24) is 5.32 Å². The molecule has 1 amide bonds. The van der Waals surface area contributed by atoms with Crippen molar-refractivity contribution in [2.45, 2.75) is 19.6 Å². The van der Waals surface area contributed by atoms with E-state index in [1.54, 1.807) is 13.8 Å². The van der Waals surface area contributed by atoms with Crippen molar-refractivity contribution in [1.29, 1.82) is 0 Å². The maximum atomic E-state index is 11.5. The summed E-state index contributed by atoms with van der Waals surface area (Å²) >= 11 is 0. The Labute approximate surface area is 81.5 Å². The summed E-state index contributed by atoms with van der Waals surface area (Å²) in [6, 6.07) is 4.44. The van der Waals surface area contributed by atoms with Crippen LogP contribution >= 0.6 is 0 Å². The van der Waals surface area contributed by atoms with Crippen LogP contribution in [0.15, 0.2) is 18.2 Å². The largest absolute Gasteiger partial charge is 0.508 e. The van der Waals surface area contributed by atoms with E-state index in [4.69, 9.17) is 4.74 Å². The molecule has 0 radical (unpaired) electrons. The van der Waals surface area contributed by atoms with Gasteiger partial charge in [-0.3, -0.25) is 4.79 Å². The summed E-state index contributed by atoms with van der Waals surface area (Å²) in [6.45, 7) is 3.50. The predicted molar refractivity (Wildman–Crippen MR) is 50.3 cm³/mol. The molecular weight excluding hydrogens is 182 g/mol. The number of phenolic OH excluding ortho intramolecular Hbond substituents is 1. The Hall–Kier alpha value is -1.71. The fraction of sp³-hybridized carbons (Fsp3) is 0.300. The summed E-state index contributed by atoms with van der Waals surface area (Å²) in [5.74, 6) is 0.323. The van der Waals surface area contributed by atoms with Gasteiger partial charge in [0.2, 0.25) is 0 Å². The van der Waals surface area contributed by atoms with Gasteiger partial charge in [0, 0.05) is 6.07 Å². The smallest absolute Gasteiger partial charge is 0.258 e. The summed E-state index contributed by atoms with van der Waals surface area (Å²) in [5.41, 5.74) is -0.278. The van der Waals surface area contributed by atoms with Crippen LogP contribution in [-0.2, 0) is 0 Å². The Kier molecular flexibility index (Phi) is 1.67. The van der Waals surface area contributed by atoms with Crippen molar-refractivity contribution in [3.8, 4) is 11.5 Å². The van der Waals surface area contributed by atoms with Gasteiger partial charge in [-0.15, -0.1) is 0 Å². The zero-order chi connectivity index (χ0) is 10.3. The van der Waals surface area contributed by atoms with Gasteiger partial charge in [-0.05, 0) is 26.0 Å². The van der Waals surface area contributed by atoms with Crippen molar-refractivity contribution < 1.29 is 14.6 Å². The highest BCUT2D eigenvalue weighted by Gasteiger charge is 2.31. The van der Waals surface area contributed by atoms with Crippen molar-refractivity contribution in [3.63, 3.8) is 0 Å². The maximum absolute atomic E-state index is 11.5. The number of benzene rings is 1. The number of aromatic hydroxyl groups is 1. The molecule has 1 aliphatic heterocycles. The van der Waals surface area contributed by atoms with E-state index in [0.29, 0.717) is 11.3 Å². The highest BCUT2D eigenvalue weighted by molar-refractivity contribution is 5.98. The number of nitrogens with one attached hydrogen (secondary N) is 1. The van der Waals surface area contributed by atoms with Gasteiger partial charge in [0.15, 0.2) is 5.72 Å². The normalized spacial score (nSPS) is 18.0. The van der Waals surface area contributed by atoms with Crippen molar-refractivity contribution in [3.05, 3.63) is 23.8 Å². The van der Waals surface area contributed by atoms with Gasteiger partial charge in [0.05, 0.1) is 5.56 Å². The third kappa shape index (κ3) is 1.39. The van der Waals surface area contributed by atoms with Crippen LogP contribution in [0, 0.1) is 0 Å². The average Bonchev–Trinajstić information content (AvgIpc) is 2.00. The molecule has 74 valence electrons. The fourth-order valence-electron chi connectivity index (χ4n) is 1.42. The van der Waals surface area contributed by atoms with Crippen molar-refractivity contribution in [2.24, 2.45) is 0 Å². The second-order valence-electron chi connectivity index (χ2n) is 3.75. The minimum atomic E-state index is -0.724. The quantitative estimate of drug-likeness (QED) is 0.652. The number of fused-ring (bicyclic) bond motifs is 1. The molecule has 1 aliphatic rings.